The van der Waals surface area contributed by atoms with Gasteiger partial charge in [-0.3, -0.25) is 9.48 Å². The number of nitrogens with two attached hydrogens (primary N) is 1. The van der Waals surface area contributed by atoms with E-state index in [1.54, 1.807) is 0 Å². The minimum atomic E-state index is -0.328. The van der Waals surface area contributed by atoms with E-state index in [4.69, 9.17) is 5.73 Å². The largest absolute Gasteiger partial charge is 0.380 e. The SMILES string of the molecule is Cc1nn(C)c(C)c1CCNC(=O)c1n[nH]nc1N. The van der Waals surface area contributed by atoms with Crippen LogP contribution in [0.5, 0.6) is 0 Å². The van der Waals surface area contributed by atoms with Crippen LogP contribution in [0.1, 0.15) is 27.4 Å². The maximum atomic E-state index is 11.8. The van der Waals surface area contributed by atoms with Crippen molar-refractivity contribution in [2.75, 3.05) is 12.3 Å². The van der Waals surface area contributed by atoms with Crippen LogP contribution in [-0.2, 0) is 13.5 Å². The Morgan fingerprint density at radius 3 is 2.68 bits per heavy atom. The smallest absolute Gasteiger partial charge is 0.275 e. The number of aromatic amines is 1. The van der Waals surface area contributed by atoms with Crippen LogP contribution >= 0.6 is 0 Å². The number of carbonyl (C=O) groups excluding carboxylic acids is 1. The van der Waals surface area contributed by atoms with E-state index in [-0.39, 0.29) is 17.4 Å². The van der Waals surface area contributed by atoms with Gasteiger partial charge in [-0.15, -0.1) is 10.2 Å². The quantitative estimate of drug-likeness (QED) is 0.701. The van der Waals surface area contributed by atoms with Crippen LogP contribution in [0.15, 0.2) is 0 Å². The van der Waals surface area contributed by atoms with Gasteiger partial charge in [0.05, 0.1) is 5.69 Å². The normalized spacial score (nSPS) is 10.7. The monoisotopic (exact) mass is 263 g/mol. The Hall–Kier alpha value is -2.38. The Labute approximate surface area is 110 Å². The van der Waals surface area contributed by atoms with Gasteiger partial charge < -0.3 is 11.1 Å². The number of nitrogens with one attached hydrogen (secondary N) is 2. The number of nitrogen functional groups attached to an aromatic ring is 1. The second-order valence-electron chi connectivity index (χ2n) is 4.34. The number of carbonyl (C=O) groups is 1. The molecule has 0 atom stereocenters. The predicted molar refractivity (Wildman–Crippen MR) is 69.5 cm³/mol. The van der Waals surface area contributed by atoms with Crippen molar-refractivity contribution in [1.82, 2.24) is 30.5 Å². The summed E-state index contributed by atoms with van der Waals surface area (Å²) in [5.74, 6) is -0.225. The molecule has 2 heterocycles. The minimum absolute atomic E-state index is 0.103. The lowest BCUT2D eigenvalue weighted by atomic mass is 10.1. The maximum Gasteiger partial charge on any atom is 0.275 e. The highest BCUT2D eigenvalue weighted by atomic mass is 16.2. The van der Waals surface area contributed by atoms with Crippen molar-refractivity contribution in [3.05, 3.63) is 22.6 Å². The predicted octanol–water partition coefficient (Wildman–Crippen LogP) is -0.290. The van der Waals surface area contributed by atoms with Gasteiger partial charge in [0.1, 0.15) is 0 Å². The molecule has 0 aliphatic carbocycles. The van der Waals surface area contributed by atoms with Crippen molar-refractivity contribution in [3.63, 3.8) is 0 Å². The number of H-pyrrole nitrogens is 1. The first-order valence-electron chi connectivity index (χ1n) is 5.94. The van der Waals surface area contributed by atoms with Crippen LogP contribution in [0.25, 0.3) is 0 Å². The standard InChI is InChI=1S/C11H17N7O/c1-6-8(7(2)18(3)16-6)4-5-13-11(19)9-10(12)15-17-14-9/h4-5H2,1-3H3,(H,13,19)(H3,12,14,15,17). The number of nitrogens with zero attached hydrogens (tertiary/aromatic N) is 4. The molecule has 0 fully saturated rings. The molecule has 2 aromatic heterocycles. The molecular formula is C11H17N7O. The Morgan fingerprint density at radius 2 is 2.16 bits per heavy atom. The van der Waals surface area contributed by atoms with E-state index in [1.165, 1.54) is 0 Å². The molecule has 0 spiro atoms. The lowest BCUT2D eigenvalue weighted by Crippen LogP contribution is -2.27. The van der Waals surface area contributed by atoms with Crippen molar-refractivity contribution in [1.29, 1.82) is 0 Å². The molecule has 0 saturated heterocycles. The second-order valence-corrected chi connectivity index (χ2v) is 4.34. The zero-order valence-corrected chi connectivity index (χ0v) is 11.2. The van der Waals surface area contributed by atoms with Crippen LogP contribution in [0.4, 0.5) is 5.82 Å². The van der Waals surface area contributed by atoms with E-state index in [0.29, 0.717) is 6.54 Å². The van der Waals surface area contributed by atoms with Crippen molar-refractivity contribution < 1.29 is 4.79 Å². The third-order valence-corrected chi connectivity index (χ3v) is 3.11. The Kier molecular flexibility index (Phi) is 3.50. The molecule has 0 unspecified atom stereocenters. The average Bonchev–Trinajstić information content (AvgIpc) is 2.88. The summed E-state index contributed by atoms with van der Waals surface area (Å²) in [6, 6.07) is 0. The number of amides is 1. The topological polar surface area (TPSA) is 115 Å². The first-order chi connectivity index (χ1) is 9.00. The molecule has 0 bridgehead atoms. The first-order valence-corrected chi connectivity index (χ1v) is 5.94. The molecule has 0 radical (unpaired) electrons. The van der Waals surface area contributed by atoms with E-state index in [1.807, 2.05) is 25.6 Å². The van der Waals surface area contributed by atoms with Crippen molar-refractivity contribution >= 4 is 11.7 Å². The number of anilines is 1. The van der Waals surface area contributed by atoms with Gasteiger partial charge in [-0.05, 0) is 25.8 Å². The molecule has 8 heteroatoms. The first kappa shape index (κ1) is 13.1. The number of aromatic nitrogens is 5. The van der Waals surface area contributed by atoms with Crippen LogP contribution in [-0.4, -0.2) is 37.6 Å². The molecular weight excluding hydrogens is 246 g/mol. The summed E-state index contributed by atoms with van der Waals surface area (Å²) in [6.07, 6.45) is 0.717. The summed E-state index contributed by atoms with van der Waals surface area (Å²) in [4.78, 5) is 11.8. The zero-order chi connectivity index (χ0) is 14.0. The summed E-state index contributed by atoms with van der Waals surface area (Å²) in [6.45, 7) is 4.46. The molecule has 2 rings (SSSR count). The van der Waals surface area contributed by atoms with E-state index in [9.17, 15) is 4.79 Å². The number of hydrogen-bond acceptors (Lipinski definition) is 5. The maximum absolute atomic E-state index is 11.8. The third-order valence-electron chi connectivity index (χ3n) is 3.11. The summed E-state index contributed by atoms with van der Waals surface area (Å²) in [7, 11) is 1.90. The third kappa shape index (κ3) is 2.56. The van der Waals surface area contributed by atoms with Gasteiger partial charge in [0, 0.05) is 19.3 Å². The average molecular weight is 263 g/mol. The van der Waals surface area contributed by atoms with Gasteiger partial charge in [-0.1, -0.05) is 0 Å². The zero-order valence-electron chi connectivity index (χ0n) is 11.2. The van der Waals surface area contributed by atoms with E-state index < -0.39 is 0 Å². The minimum Gasteiger partial charge on any atom is -0.380 e. The number of hydrogen-bond donors (Lipinski definition) is 3. The van der Waals surface area contributed by atoms with Crippen molar-refractivity contribution in [2.45, 2.75) is 20.3 Å². The van der Waals surface area contributed by atoms with E-state index in [0.717, 1.165) is 23.4 Å². The number of rotatable bonds is 4. The lowest BCUT2D eigenvalue weighted by Gasteiger charge is -2.04. The highest BCUT2D eigenvalue weighted by Crippen LogP contribution is 2.12. The van der Waals surface area contributed by atoms with Crippen LogP contribution < -0.4 is 11.1 Å². The Bertz CT molecular complexity index is 598. The van der Waals surface area contributed by atoms with Gasteiger partial charge in [-0.25, -0.2) is 0 Å². The molecule has 19 heavy (non-hydrogen) atoms. The summed E-state index contributed by atoms with van der Waals surface area (Å²) < 4.78 is 1.84. The van der Waals surface area contributed by atoms with Crippen LogP contribution in [0, 0.1) is 13.8 Å². The highest BCUT2D eigenvalue weighted by molar-refractivity contribution is 5.96. The van der Waals surface area contributed by atoms with Crippen molar-refractivity contribution in [2.24, 2.45) is 7.05 Å². The molecule has 102 valence electrons. The fourth-order valence-electron chi connectivity index (χ4n) is 1.97. The van der Waals surface area contributed by atoms with E-state index >= 15 is 0 Å². The molecule has 8 nitrogen and oxygen atoms in total. The molecule has 0 aliphatic heterocycles. The van der Waals surface area contributed by atoms with Gasteiger partial charge in [-0.2, -0.15) is 10.3 Å². The van der Waals surface area contributed by atoms with Gasteiger partial charge in [0.2, 0.25) is 0 Å². The molecule has 0 aliphatic rings. The van der Waals surface area contributed by atoms with Gasteiger partial charge in [0.25, 0.3) is 5.91 Å². The van der Waals surface area contributed by atoms with Crippen LogP contribution in [0.2, 0.25) is 0 Å². The molecule has 2 aromatic rings. The lowest BCUT2D eigenvalue weighted by molar-refractivity contribution is 0.0950. The van der Waals surface area contributed by atoms with E-state index in [2.05, 4.69) is 25.8 Å². The fourth-order valence-corrected chi connectivity index (χ4v) is 1.97. The van der Waals surface area contributed by atoms with Gasteiger partial charge in [0.15, 0.2) is 11.5 Å². The Balaban J connectivity index is 1.94. The molecule has 0 saturated carbocycles. The number of aryl methyl sites for hydroxylation is 2. The van der Waals surface area contributed by atoms with Crippen LogP contribution in [0.3, 0.4) is 0 Å². The fraction of sp³-hybridized carbons (Fsp3) is 0.455. The Morgan fingerprint density at radius 1 is 1.42 bits per heavy atom. The summed E-state index contributed by atoms with van der Waals surface area (Å²) in [5, 5.41) is 16.7. The summed E-state index contributed by atoms with van der Waals surface area (Å²) in [5.41, 5.74) is 8.86. The second kappa shape index (κ2) is 5.09. The van der Waals surface area contributed by atoms with Crippen molar-refractivity contribution in [3.8, 4) is 0 Å². The molecule has 1 amide bonds. The summed E-state index contributed by atoms with van der Waals surface area (Å²) >= 11 is 0. The van der Waals surface area contributed by atoms with Gasteiger partial charge >= 0.3 is 0 Å². The highest BCUT2D eigenvalue weighted by Gasteiger charge is 2.14. The molecule has 0 aromatic carbocycles. The molecule has 4 N–H and O–H groups in total.